The third-order valence-electron chi connectivity index (χ3n) is 18.1. The number of hydrogen-bond donors (Lipinski definition) is 0. The minimum Gasteiger partial charge on any atom is -0.310 e. The minimum absolute atomic E-state index is 0.169. The molecule has 2 nitrogen and oxygen atoms in total. The molecule has 2 aliphatic rings. The third kappa shape index (κ3) is 10.6. The molecule has 0 saturated carbocycles. The van der Waals surface area contributed by atoms with E-state index in [1.807, 2.05) is 0 Å². The van der Waals surface area contributed by atoms with Crippen LogP contribution in [-0.2, 0) is 10.8 Å². The van der Waals surface area contributed by atoms with Gasteiger partial charge in [-0.1, -0.05) is 198 Å². The number of fused-ring (bicyclic) bond motifs is 6. The fourth-order valence-corrected chi connectivity index (χ4v) is 14.0. The number of nitrogens with zero attached hydrogens (tertiary/aromatic N) is 2. The second-order valence-electron chi connectivity index (χ2n) is 25.9. The maximum absolute atomic E-state index is 2.44. The Kier molecular flexibility index (Phi) is 14.1. The number of aryl methyl sites for hydroxylation is 8. The third-order valence-corrected chi connectivity index (χ3v) is 18.1. The van der Waals surface area contributed by atoms with Crippen molar-refractivity contribution in [3.63, 3.8) is 0 Å². The normalized spacial score (nSPS) is 13.4. The summed E-state index contributed by atoms with van der Waals surface area (Å²) in [6, 6.07) is 82.4. The van der Waals surface area contributed by atoms with Crippen molar-refractivity contribution in [1.29, 1.82) is 0 Å². The molecule has 0 unspecified atom stereocenters. The highest BCUT2D eigenvalue weighted by Crippen LogP contribution is 2.53. The fraction of sp³-hybridized carbons (Fsp3) is 0.167. The van der Waals surface area contributed by atoms with Crippen LogP contribution in [0.2, 0.25) is 0 Å². The molecule has 0 spiro atoms. The van der Waals surface area contributed by atoms with Crippen molar-refractivity contribution in [3.8, 4) is 44.5 Å². The Hall–Kier alpha value is -9.50. The molecule has 86 heavy (non-hydrogen) atoms. The highest BCUT2D eigenvalue weighted by molar-refractivity contribution is 5.90. The highest BCUT2D eigenvalue weighted by Gasteiger charge is 2.38. The maximum atomic E-state index is 2.44. The Morgan fingerprint density at radius 1 is 0.221 bits per heavy atom. The van der Waals surface area contributed by atoms with Gasteiger partial charge in [0.05, 0.1) is 0 Å². The Morgan fingerprint density at radius 2 is 0.442 bits per heavy atom. The van der Waals surface area contributed by atoms with Gasteiger partial charge in [-0.15, -0.1) is 0 Å². The van der Waals surface area contributed by atoms with E-state index >= 15 is 0 Å². The number of benzene rings is 11. The summed E-state index contributed by atoms with van der Waals surface area (Å²) in [6.45, 7) is 27.0. The molecule has 0 saturated heterocycles. The molecule has 422 valence electrons. The molecule has 0 fully saturated rings. The van der Waals surface area contributed by atoms with Crippen LogP contribution in [0.15, 0.2) is 218 Å². The zero-order chi connectivity index (χ0) is 59.8. The molecule has 0 N–H and O–H groups in total. The lowest BCUT2D eigenvalue weighted by atomic mass is 9.81. The summed E-state index contributed by atoms with van der Waals surface area (Å²) in [5.74, 6) is 0. The SMILES string of the molecule is Cc1cc(C)cc(N(c2cc(C)cc(C)c2)c2ccc3c(c2)C(C)(C)c2cc(/C=C/c4ccc(-c5ccc(-c6ccc(/C=C/c7ccc8c(c7)C(C)(C)c7cc(N(c9cc(C)cc(C)c9)c9cc(C)cc(C)c9)ccc7-8)cc6)cc5)cc4)ccc2-3)c1. The molecule has 0 heterocycles. The van der Waals surface area contributed by atoms with Gasteiger partial charge in [-0.2, -0.15) is 0 Å². The van der Waals surface area contributed by atoms with E-state index in [0.717, 1.165) is 0 Å². The van der Waals surface area contributed by atoms with Gasteiger partial charge >= 0.3 is 0 Å². The van der Waals surface area contributed by atoms with Crippen LogP contribution >= 0.6 is 0 Å². The first-order valence-corrected chi connectivity index (χ1v) is 30.5. The number of hydrogen-bond acceptors (Lipinski definition) is 2. The first-order valence-electron chi connectivity index (χ1n) is 30.5. The van der Waals surface area contributed by atoms with Crippen LogP contribution in [0.3, 0.4) is 0 Å². The number of anilines is 6. The monoisotopic (exact) mass is 1110 g/mol. The van der Waals surface area contributed by atoms with Crippen molar-refractivity contribution in [2.24, 2.45) is 0 Å². The van der Waals surface area contributed by atoms with Gasteiger partial charge in [0.1, 0.15) is 0 Å². The summed E-state index contributed by atoms with van der Waals surface area (Å²) in [7, 11) is 0. The van der Waals surface area contributed by atoms with Crippen molar-refractivity contribution in [2.45, 2.75) is 93.9 Å². The Bertz CT molecular complexity index is 4050. The van der Waals surface area contributed by atoms with E-state index in [9.17, 15) is 0 Å². The molecule has 11 aromatic carbocycles. The van der Waals surface area contributed by atoms with Gasteiger partial charge in [-0.25, -0.2) is 0 Å². The van der Waals surface area contributed by atoms with E-state index in [4.69, 9.17) is 0 Å². The van der Waals surface area contributed by atoms with Crippen molar-refractivity contribution < 1.29 is 0 Å². The Labute approximate surface area is 511 Å². The lowest BCUT2D eigenvalue weighted by Crippen LogP contribution is -2.17. The van der Waals surface area contributed by atoms with Crippen LogP contribution in [0, 0.1) is 55.4 Å². The highest BCUT2D eigenvalue weighted by atomic mass is 15.1. The van der Waals surface area contributed by atoms with Crippen molar-refractivity contribution in [1.82, 2.24) is 0 Å². The average Bonchev–Trinajstić information content (AvgIpc) is 1.78. The van der Waals surface area contributed by atoms with Crippen LogP contribution < -0.4 is 9.80 Å². The van der Waals surface area contributed by atoms with E-state index in [0.29, 0.717) is 0 Å². The van der Waals surface area contributed by atoms with E-state index in [1.54, 1.807) is 0 Å². The summed E-state index contributed by atoms with van der Waals surface area (Å²) in [4.78, 5) is 4.87. The Balaban J connectivity index is 0.668. The van der Waals surface area contributed by atoms with Gasteiger partial charge in [0.2, 0.25) is 0 Å². The average molecular weight is 1110 g/mol. The largest absolute Gasteiger partial charge is 0.310 e. The standard InChI is InChI=1S/C84H76N2/c1-53-37-54(2)42-71(41-53)85(72-43-55(3)38-56(4)44-72)69-31-35-77-75-33-21-63(49-79(75)83(9,10)81(77)51-69)15-13-61-17-23-65(24-18-61)67-27-29-68(30-28-67)66-25-19-62(20-26-66)14-16-64-22-34-76-78-36-32-70(52-82(78)84(11,12)80(76)50-64)86(73-45-57(5)39-58(6)46-73)74-47-59(7)40-60(8)48-74/h13-52H,1-12H3/b15-13+,16-14+. The predicted octanol–water partition coefficient (Wildman–Crippen LogP) is 23.4. The first kappa shape index (κ1) is 55.7. The van der Waals surface area contributed by atoms with Gasteiger partial charge in [0, 0.05) is 45.0 Å². The van der Waals surface area contributed by atoms with E-state index in [-0.39, 0.29) is 10.8 Å². The van der Waals surface area contributed by atoms with Crippen molar-refractivity contribution >= 4 is 58.4 Å². The summed E-state index contributed by atoms with van der Waals surface area (Å²) in [6.07, 6.45) is 8.99. The molecule has 2 heteroatoms. The molecule has 0 amide bonds. The molecule has 0 aliphatic heterocycles. The fourth-order valence-electron chi connectivity index (χ4n) is 14.0. The van der Waals surface area contributed by atoms with Gasteiger partial charge in [0.15, 0.2) is 0 Å². The maximum Gasteiger partial charge on any atom is 0.0466 e. The summed E-state index contributed by atoms with van der Waals surface area (Å²) in [5, 5.41) is 0. The molecular formula is C84H76N2. The molecular weight excluding hydrogens is 1040 g/mol. The van der Waals surface area contributed by atoms with Crippen LogP contribution in [-0.4, -0.2) is 0 Å². The molecule has 0 radical (unpaired) electrons. The summed E-state index contributed by atoms with van der Waals surface area (Å²) in [5.41, 5.74) is 37.2. The van der Waals surface area contributed by atoms with Gasteiger partial charge in [-0.3, -0.25) is 0 Å². The summed E-state index contributed by atoms with van der Waals surface area (Å²) < 4.78 is 0. The molecule has 2 aliphatic carbocycles. The zero-order valence-electron chi connectivity index (χ0n) is 52.0. The van der Waals surface area contributed by atoms with E-state index in [1.165, 1.54) is 168 Å². The molecule has 0 aromatic heterocycles. The first-order chi connectivity index (χ1) is 41.3. The van der Waals surface area contributed by atoms with Gasteiger partial charge in [-0.05, 0) is 262 Å². The van der Waals surface area contributed by atoms with Gasteiger partial charge < -0.3 is 9.80 Å². The van der Waals surface area contributed by atoms with Crippen LogP contribution in [0.1, 0.15) is 117 Å². The van der Waals surface area contributed by atoms with E-state index in [2.05, 4.69) is 336 Å². The zero-order valence-corrected chi connectivity index (χ0v) is 52.0. The second-order valence-corrected chi connectivity index (χ2v) is 25.9. The van der Waals surface area contributed by atoms with Crippen LogP contribution in [0.25, 0.3) is 68.8 Å². The minimum atomic E-state index is -0.169. The lowest BCUT2D eigenvalue weighted by molar-refractivity contribution is 0.660. The van der Waals surface area contributed by atoms with Gasteiger partial charge in [0.25, 0.3) is 0 Å². The lowest BCUT2D eigenvalue weighted by Gasteiger charge is -2.29. The topological polar surface area (TPSA) is 6.48 Å². The quantitative estimate of drug-likeness (QED) is 0.113. The van der Waals surface area contributed by atoms with Crippen LogP contribution in [0.5, 0.6) is 0 Å². The molecule has 11 aromatic rings. The smallest absolute Gasteiger partial charge is 0.0466 e. The second kappa shape index (κ2) is 21.8. The van der Waals surface area contributed by atoms with Crippen molar-refractivity contribution in [3.05, 3.63) is 307 Å². The van der Waals surface area contributed by atoms with Crippen LogP contribution in [0.4, 0.5) is 34.1 Å². The Morgan fingerprint density at radius 3 is 0.721 bits per heavy atom. The van der Waals surface area contributed by atoms with Crippen molar-refractivity contribution in [2.75, 3.05) is 9.80 Å². The van der Waals surface area contributed by atoms with E-state index < -0.39 is 0 Å². The number of rotatable bonds is 12. The molecule has 13 rings (SSSR count). The molecule has 0 bridgehead atoms. The summed E-state index contributed by atoms with van der Waals surface area (Å²) >= 11 is 0. The predicted molar refractivity (Wildman–Crippen MR) is 370 cm³/mol. The molecule has 0 atom stereocenters.